The number of methoxy groups -OCH3 is 2. The number of carbonyl (C=O) groups excluding carboxylic acids is 1. The number of hydrogen-bond acceptors (Lipinski definition) is 4. The van der Waals surface area contributed by atoms with Crippen LogP contribution >= 0.6 is 11.6 Å². The van der Waals surface area contributed by atoms with Crippen molar-refractivity contribution in [2.24, 2.45) is 0 Å². The third-order valence-corrected chi connectivity index (χ3v) is 4.62. The predicted octanol–water partition coefficient (Wildman–Crippen LogP) is 3.85. The minimum atomic E-state index is -0.294. The Bertz CT molecular complexity index is 773. The molecule has 0 saturated heterocycles. The van der Waals surface area contributed by atoms with Gasteiger partial charge in [-0.15, -0.1) is 0 Å². The lowest BCUT2D eigenvalue weighted by atomic mass is 10.1. The van der Waals surface area contributed by atoms with Crippen LogP contribution in [0.15, 0.2) is 30.3 Å². The predicted molar refractivity (Wildman–Crippen MR) is 106 cm³/mol. The smallest absolute Gasteiger partial charge is 0.317 e. The summed E-state index contributed by atoms with van der Waals surface area (Å²) in [4.78, 5) is 11.9. The molecule has 0 aliphatic rings. The Morgan fingerprint density at radius 2 is 1.67 bits per heavy atom. The first kappa shape index (κ1) is 20.7. The summed E-state index contributed by atoms with van der Waals surface area (Å²) >= 11 is 6.13. The van der Waals surface area contributed by atoms with Crippen LogP contribution in [-0.4, -0.2) is 33.5 Å². The van der Waals surface area contributed by atoms with Crippen molar-refractivity contribution in [3.05, 3.63) is 52.0 Å². The van der Waals surface area contributed by atoms with Crippen molar-refractivity contribution in [1.29, 1.82) is 0 Å². The molecule has 2 amide bonds. The number of benzene rings is 2. The van der Waals surface area contributed by atoms with E-state index in [1.165, 1.54) is 0 Å². The number of rotatable bonds is 8. The second-order valence-corrected chi connectivity index (χ2v) is 6.41. The van der Waals surface area contributed by atoms with Crippen molar-refractivity contribution in [3.63, 3.8) is 0 Å². The van der Waals surface area contributed by atoms with Crippen LogP contribution < -0.4 is 24.8 Å². The molecule has 0 aromatic heterocycles. The van der Waals surface area contributed by atoms with Crippen LogP contribution in [0.2, 0.25) is 5.02 Å². The number of carbonyl (C=O) groups is 1. The van der Waals surface area contributed by atoms with Crippen LogP contribution in [-0.2, 0) is 6.42 Å². The Hall–Kier alpha value is -2.60. The van der Waals surface area contributed by atoms with Gasteiger partial charge in [0, 0.05) is 11.6 Å². The van der Waals surface area contributed by atoms with Gasteiger partial charge in [0.05, 0.1) is 14.2 Å². The highest BCUT2D eigenvalue weighted by molar-refractivity contribution is 6.32. The lowest BCUT2D eigenvalue weighted by molar-refractivity contribution is 0.224. The average molecular weight is 393 g/mol. The third-order valence-electron chi connectivity index (χ3n) is 4.03. The Kier molecular flexibility index (Phi) is 7.61. The van der Waals surface area contributed by atoms with Crippen molar-refractivity contribution in [3.8, 4) is 17.2 Å². The van der Waals surface area contributed by atoms with Gasteiger partial charge in [0.2, 0.25) is 0 Å². The first-order valence-corrected chi connectivity index (χ1v) is 8.94. The van der Waals surface area contributed by atoms with E-state index in [0.717, 1.165) is 21.7 Å². The van der Waals surface area contributed by atoms with Crippen molar-refractivity contribution in [1.82, 2.24) is 10.6 Å². The van der Waals surface area contributed by atoms with E-state index in [1.54, 1.807) is 14.2 Å². The molecule has 7 heteroatoms. The summed E-state index contributed by atoms with van der Waals surface area (Å²) in [7, 11) is 3.19. The largest absolute Gasteiger partial charge is 0.493 e. The summed E-state index contributed by atoms with van der Waals surface area (Å²) in [5, 5.41) is 6.18. The lowest BCUT2D eigenvalue weighted by Crippen LogP contribution is -2.38. The SMILES string of the molecule is COc1ccc(CCNC(=O)NCOc2cc(C)c(Cl)c(C)c2)cc1OC. The van der Waals surface area contributed by atoms with E-state index < -0.39 is 0 Å². The topological polar surface area (TPSA) is 68.8 Å². The van der Waals surface area contributed by atoms with Gasteiger partial charge in [0.15, 0.2) is 18.2 Å². The number of halogens is 1. The van der Waals surface area contributed by atoms with E-state index in [4.69, 9.17) is 25.8 Å². The zero-order valence-corrected chi connectivity index (χ0v) is 16.8. The zero-order valence-electron chi connectivity index (χ0n) is 16.0. The molecule has 0 atom stereocenters. The normalized spacial score (nSPS) is 10.3. The van der Waals surface area contributed by atoms with E-state index in [-0.39, 0.29) is 12.8 Å². The van der Waals surface area contributed by atoms with Crippen LogP contribution in [0.25, 0.3) is 0 Å². The van der Waals surface area contributed by atoms with Crippen LogP contribution in [0.3, 0.4) is 0 Å². The average Bonchev–Trinajstić information content (AvgIpc) is 2.65. The molecule has 0 radical (unpaired) electrons. The maximum Gasteiger partial charge on any atom is 0.317 e. The molecule has 0 unspecified atom stereocenters. The Morgan fingerprint density at radius 1 is 1.00 bits per heavy atom. The molecule has 2 aromatic rings. The van der Waals surface area contributed by atoms with Crippen LogP contribution in [0.4, 0.5) is 4.79 Å². The highest BCUT2D eigenvalue weighted by atomic mass is 35.5. The van der Waals surface area contributed by atoms with E-state index in [9.17, 15) is 4.79 Å². The summed E-state index contributed by atoms with van der Waals surface area (Å²) in [6.07, 6.45) is 0.671. The molecule has 0 aliphatic carbocycles. The van der Waals surface area contributed by atoms with Crippen molar-refractivity contribution >= 4 is 17.6 Å². The minimum Gasteiger partial charge on any atom is -0.493 e. The minimum absolute atomic E-state index is 0.0721. The van der Waals surface area contributed by atoms with E-state index in [1.807, 2.05) is 44.2 Å². The monoisotopic (exact) mass is 392 g/mol. The van der Waals surface area contributed by atoms with Crippen LogP contribution in [0.5, 0.6) is 17.2 Å². The van der Waals surface area contributed by atoms with Crippen LogP contribution in [0.1, 0.15) is 16.7 Å². The molecule has 27 heavy (non-hydrogen) atoms. The van der Waals surface area contributed by atoms with E-state index >= 15 is 0 Å². The maximum atomic E-state index is 11.9. The van der Waals surface area contributed by atoms with E-state index in [2.05, 4.69) is 10.6 Å². The number of amides is 2. The van der Waals surface area contributed by atoms with Gasteiger partial charge in [0.1, 0.15) is 5.75 Å². The molecule has 2 rings (SSSR count). The number of hydrogen-bond donors (Lipinski definition) is 2. The van der Waals surface area contributed by atoms with Crippen molar-refractivity contribution < 1.29 is 19.0 Å². The summed E-state index contributed by atoms with van der Waals surface area (Å²) in [5.41, 5.74) is 2.91. The van der Waals surface area contributed by atoms with Gasteiger partial charge >= 0.3 is 6.03 Å². The summed E-state index contributed by atoms with van der Waals surface area (Å²) in [6.45, 7) is 4.39. The van der Waals surface area contributed by atoms with Gasteiger partial charge in [-0.1, -0.05) is 17.7 Å². The van der Waals surface area contributed by atoms with Gasteiger partial charge < -0.3 is 24.8 Å². The first-order valence-electron chi connectivity index (χ1n) is 8.56. The fourth-order valence-corrected chi connectivity index (χ4v) is 2.70. The molecule has 2 N–H and O–H groups in total. The fourth-order valence-electron chi connectivity index (χ4n) is 2.59. The summed E-state index contributed by atoms with van der Waals surface area (Å²) < 4.78 is 16.0. The molecule has 2 aromatic carbocycles. The number of urea groups is 1. The van der Waals surface area contributed by atoms with Gasteiger partial charge in [-0.05, 0) is 61.2 Å². The molecule has 0 bridgehead atoms. The number of ether oxygens (including phenoxy) is 3. The molecule has 0 heterocycles. The standard InChI is InChI=1S/C20H25ClN2O4/c1-13-9-16(10-14(2)19(13)21)27-12-23-20(24)22-8-7-15-5-6-17(25-3)18(11-15)26-4/h5-6,9-11H,7-8,12H2,1-4H3,(H2,22,23,24). The van der Waals surface area contributed by atoms with Crippen molar-refractivity contribution in [2.45, 2.75) is 20.3 Å². The molecular weight excluding hydrogens is 368 g/mol. The van der Waals surface area contributed by atoms with Gasteiger partial charge in [0.25, 0.3) is 0 Å². The Morgan fingerprint density at radius 3 is 2.30 bits per heavy atom. The Balaban J connectivity index is 1.74. The first-order chi connectivity index (χ1) is 12.9. The molecule has 6 nitrogen and oxygen atoms in total. The highest BCUT2D eigenvalue weighted by Crippen LogP contribution is 2.27. The van der Waals surface area contributed by atoms with Gasteiger partial charge in [-0.2, -0.15) is 0 Å². The third kappa shape index (κ3) is 5.96. The quantitative estimate of drug-likeness (QED) is 0.669. The number of aryl methyl sites for hydroxylation is 2. The van der Waals surface area contributed by atoms with Gasteiger partial charge in [-0.25, -0.2) is 4.79 Å². The van der Waals surface area contributed by atoms with E-state index in [0.29, 0.717) is 30.2 Å². The molecule has 146 valence electrons. The fraction of sp³-hybridized carbons (Fsp3) is 0.350. The molecule has 0 saturated carbocycles. The van der Waals surface area contributed by atoms with Crippen LogP contribution in [0, 0.1) is 13.8 Å². The maximum absolute atomic E-state index is 11.9. The summed E-state index contributed by atoms with van der Waals surface area (Å²) in [5.74, 6) is 2.01. The summed E-state index contributed by atoms with van der Waals surface area (Å²) in [6, 6.07) is 9.07. The number of nitrogens with one attached hydrogen (secondary N) is 2. The Labute approximate surface area is 164 Å². The molecule has 0 aliphatic heterocycles. The lowest BCUT2D eigenvalue weighted by Gasteiger charge is -2.12. The van der Waals surface area contributed by atoms with Crippen molar-refractivity contribution in [2.75, 3.05) is 27.5 Å². The second kappa shape index (κ2) is 9.92. The highest BCUT2D eigenvalue weighted by Gasteiger charge is 2.06. The molecular formula is C20H25ClN2O4. The second-order valence-electron chi connectivity index (χ2n) is 6.03. The zero-order chi connectivity index (χ0) is 19.8. The molecule has 0 spiro atoms. The molecule has 0 fully saturated rings. The van der Waals surface area contributed by atoms with Gasteiger partial charge in [-0.3, -0.25) is 0 Å².